The van der Waals surface area contributed by atoms with Crippen molar-refractivity contribution in [2.45, 2.75) is 32.2 Å². The molecule has 1 aliphatic heterocycles. The lowest BCUT2D eigenvalue weighted by atomic mass is 10.1. The highest BCUT2D eigenvalue weighted by Gasteiger charge is 2.18. The summed E-state index contributed by atoms with van der Waals surface area (Å²) in [6, 6.07) is 4.16. The minimum absolute atomic E-state index is 0. The SMILES string of the molecule is Cc1oc(-c2cccs2)nc1CC(=O)NC1CCCNC1.Cl.Cl. The zero-order chi connectivity index (χ0) is 14.7. The zero-order valence-electron chi connectivity index (χ0n) is 12.8. The first kappa shape index (κ1) is 20.0. The van der Waals surface area contributed by atoms with Gasteiger partial charge in [-0.25, -0.2) is 4.98 Å². The first-order valence-corrected chi connectivity index (χ1v) is 8.10. The van der Waals surface area contributed by atoms with Gasteiger partial charge >= 0.3 is 0 Å². The number of halogens is 2. The standard InChI is InChI=1S/C15H19N3O2S.2ClH/c1-10-12(18-15(20-10)13-5-3-7-21-13)8-14(19)17-11-4-2-6-16-9-11;;/h3,5,7,11,16H,2,4,6,8-9H2,1H3,(H,17,19);2*1H. The molecule has 8 heteroatoms. The second-order valence-corrected chi connectivity index (χ2v) is 6.23. The van der Waals surface area contributed by atoms with Gasteiger partial charge in [0.25, 0.3) is 0 Å². The largest absolute Gasteiger partial charge is 0.440 e. The van der Waals surface area contributed by atoms with Crippen LogP contribution in [0.5, 0.6) is 0 Å². The van der Waals surface area contributed by atoms with Crippen molar-refractivity contribution < 1.29 is 9.21 Å². The predicted octanol–water partition coefficient (Wildman–Crippen LogP) is 2.97. The molecule has 128 valence electrons. The number of oxazole rings is 1. The quantitative estimate of drug-likeness (QED) is 0.859. The van der Waals surface area contributed by atoms with Gasteiger partial charge in [-0.1, -0.05) is 6.07 Å². The van der Waals surface area contributed by atoms with Crippen LogP contribution in [0.1, 0.15) is 24.3 Å². The Morgan fingerprint density at radius 3 is 3.00 bits per heavy atom. The summed E-state index contributed by atoms with van der Waals surface area (Å²) in [6.07, 6.45) is 2.42. The number of nitrogens with one attached hydrogen (secondary N) is 2. The van der Waals surface area contributed by atoms with Gasteiger partial charge in [0, 0.05) is 12.6 Å². The molecular formula is C15H21Cl2N3O2S. The van der Waals surface area contributed by atoms with E-state index in [-0.39, 0.29) is 43.2 Å². The number of thiophene rings is 1. The van der Waals surface area contributed by atoms with Gasteiger partial charge in [0.1, 0.15) is 5.76 Å². The molecule has 1 saturated heterocycles. The number of carbonyl (C=O) groups is 1. The average molecular weight is 378 g/mol. The molecule has 0 aromatic carbocycles. The minimum atomic E-state index is 0. The van der Waals surface area contributed by atoms with Gasteiger partial charge in [-0.15, -0.1) is 36.2 Å². The van der Waals surface area contributed by atoms with E-state index in [0.29, 0.717) is 5.89 Å². The lowest BCUT2D eigenvalue weighted by Crippen LogP contribution is -2.46. The van der Waals surface area contributed by atoms with Crippen molar-refractivity contribution in [2.24, 2.45) is 0 Å². The maximum Gasteiger partial charge on any atom is 0.236 e. The molecule has 1 aliphatic rings. The van der Waals surface area contributed by atoms with Crippen LogP contribution in [-0.4, -0.2) is 30.0 Å². The minimum Gasteiger partial charge on any atom is -0.440 e. The van der Waals surface area contributed by atoms with Gasteiger partial charge in [-0.05, 0) is 37.8 Å². The molecule has 1 amide bonds. The molecule has 1 fully saturated rings. The smallest absolute Gasteiger partial charge is 0.236 e. The summed E-state index contributed by atoms with van der Waals surface area (Å²) < 4.78 is 5.66. The molecule has 2 aromatic heterocycles. The van der Waals surface area contributed by atoms with Gasteiger partial charge < -0.3 is 15.1 Å². The predicted molar refractivity (Wildman–Crippen MR) is 96.8 cm³/mol. The zero-order valence-corrected chi connectivity index (χ0v) is 15.3. The number of aryl methyl sites for hydroxylation is 1. The second kappa shape index (κ2) is 9.27. The molecule has 3 rings (SSSR count). The van der Waals surface area contributed by atoms with Crippen LogP contribution in [0.25, 0.3) is 10.8 Å². The van der Waals surface area contributed by atoms with Crippen LogP contribution >= 0.6 is 36.2 Å². The van der Waals surface area contributed by atoms with Gasteiger partial charge in [-0.2, -0.15) is 0 Å². The number of aromatic nitrogens is 1. The first-order valence-electron chi connectivity index (χ1n) is 7.22. The fraction of sp³-hybridized carbons (Fsp3) is 0.467. The Bertz CT molecular complexity index is 610. The lowest BCUT2D eigenvalue weighted by molar-refractivity contribution is -0.121. The third-order valence-corrected chi connectivity index (χ3v) is 4.47. The van der Waals surface area contributed by atoms with Crippen LogP contribution in [0.15, 0.2) is 21.9 Å². The molecule has 5 nitrogen and oxygen atoms in total. The van der Waals surface area contributed by atoms with Crippen molar-refractivity contribution in [3.05, 3.63) is 29.0 Å². The number of nitrogens with zero attached hydrogens (tertiary/aromatic N) is 1. The van der Waals surface area contributed by atoms with E-state index in [2.05, 4.69) is 15.6 Å². The van der Waals surface area contributed by atoms with Crippen LogP contribution in [0.3, 0.4) is 0 Å². The fourth-order valence-corrected chi connectivity index (χ4v) is 3.15. The number of piperidine rings is 1. The highest BCUT2D eigenvalue weighted by Crippen LogP contribution is 2.26. The monoisotopic (exact) mass is 377 g/mol. The molecule has 0 radical (unpaired) electrons. The summed E-state index contributed by atoms with van der Waals surface area (Å²) >= 11 is 1.58. The van der Waals surface area contributed by atoms with Crippen molar-refractivity contribution in [2.75, 3.05) is 13.1 Å². The highest BCUT2D eigenvalue weighted by atomic mass is 35.5. The van der Waals surface area contributed by atoms with Gasteiger partial charge in [0.2, 0.25) is 11.8 Å². The van der Waals surface area contributed by atoms with Gasteiger partial charge in [-0.3, -0.25) is 4.79 Å². The Labute approximate surface area is 152 Å². The molecule has 23 heavy (non-hydrogen) atoms. The van der Waals surface area contributed by atoms with E-state index in [1.807, 2.05) is 24.4 Å². The Morgan fingerprint density at radius 2 is 2.35 bits per heavy atom. The Morgan fingerprint density at radius 1 is 1.52 bits per heavy atom. The highest BCUT2D eigenvalue weighted by molar-refractivity contribution is 7.13. The van der Waals surface area contributed by atoms with E-state index in [0.717, 1.165) is 42.3 Å². The van der Waals surface area contributed by atoms with E-state index in [1.54, 1.807) is 11.3 Å². The molecule has 0 saturated carbocycles. The van der Waals surface area contributed by atoms with Crippen molar-refractivity contribution in [3.63, 3.8) is 0 Å². The van der Waals surface area contributed by atoms with Crippen LogP contribution in [0.2, 0.25) is 0 Å². The lowest BCUT2D eigenvalue weighted by Gasteiger charge is -2.23. The topological polar surface area (TPSA) is 67.2 Å². The summed E-state index contributed by atoms with van der Waals surface area (Å²) in [4.78, 5) is 17.6. The maximum atomic E-state index is 12.1. The molecule has 0 aliphatic carbocycles. The number of carbonyl (C=O) groups excluding carboxylic acids is 1. The number of hydrogen-bond donors (Lipinski definition) is 2. The van der Waals surface area contributed by atoms with Crippen LogP contribution in [0, 0.1) is 6.92 Å². The van der Waals surface area contributed by atoms with Crippen molar-refractivity contribution in [1.82, 2.24) is 15.6 Å². The summed E-state index contributed by atoms with van der Waals surface area (Å²) in [5.41, 5.74) is 0.722. The summed E-state index contributed by atoms with van der Waals surface area (Å²) in [5, 5.41) is 8.33. The van der Waals surface area contributed by atoms with Crippen molar-refractivity contribution >= 4 is 42.1 Å². The third kappa shape index (κ3) is 5.21. The number of amides is 1. The molecule has 1 unspecified atom stereocenters. The van der Waals surface area contributed by atoms with Crippen molar-refractivity contribution in [3.8, 4) is 10.8 Å². The molecule has 3 heterocycles. The normalized spacial score (nSPS) is 17.0. The summed E-state index contributed by atoms with van der Waals surface area (Å²) in [7, 11) is 0. The van der Waals surface area contributed by atoms with Gasteiger partial charge in [0.05, 0.1) is 17.0 Å². The Balaban J connectivity index is 0.00000132. The summed E-state index contributed by atoms with van der Waals surface area (Å²) in [5.74, 6) is 1.33. The summed E-state index contributed by atoms with van der Waals surface area (Å²) in [6.45, 7) is 3.75. The Kier molecular flexibility index (Phi) is 8.05. The third-order valence-electron chi connectivity index (χ3n) is 3.61. The van der Waals surface area contributed by atoms with Crippen LogP contribution in [0.4, 0.5) is 0 Å². The van der Waals surface area contributed by atoms with E-state index in [4.69, 9.17) is 4.42 Å². The molecule has 0 spiro atoms. The van der Waals surface area contributed by atoms with Crippen molar-refractivity contribution in [1.29, 1.82) is 0 Å². The van der Waals surface area contributed by atoms with E-state index in [1.165, 1.54) is 0 Å². The number of rotatable bonds is 4. The molecular weight excluding hydrogens is 357 g/mol. The van der Waals surface area contributed by atoms with E-state index < -0.39 is 0 Å². The van der Waals surface area contributed by atoms with E-state index in [9.17, 15) is 4.79 Å². The van der Waals surface area contributed by atoms with Gasteiger partial charge in [0.15, 0.2) is 0 Å². The fourth-order valence-electron chi connectivity index (χ4n) is 2.50. The molecule has 0 bridgehead atoms. The average Bonchev–Trinajstić information content (AvgIpc) is 3.10. The molecule has 2 N–H and O–H groups in total. The second-order valence-electron chi connectivity index (χ2n) is 5.29. The first-order chi connectivity index (χ1) is 10.2. The maximum absolute atomic E-state index is 12.1. The molecule has 1 atom stereocenters. The molecule has 2 aromatic rings. The van der Waals surface area contributed by atoms with Crippen LogP contribution < -0.4 is 10.6 Å². The van der Waals surface area contributed by atoms with Crippen LogP contribution in [-0.2, 0) is 11.2 Å². The van der Waals surface area contributed by atoms with E-state index >= 15 is 0 Å². The Hall–Kier alpha value is -1.08. The number of hydrogen-bond acceptors (Lipinski definition) is 5.